The average Bonchev–Trinajstić information content (AvgIpc) is 2.98. The number of nitro groups is 1. The fraction of sp³-hybridized carbons (Fsp3) is 0.385. The van der Waals surface area contributed by atoms with Crippen molar-refractivity contribution >= 4 is 5.69 Å². The molecular formula is C13H14N4O3. The zero-order valence-electron chi connectivity index (χ0n) is 10.8. The SMILES string of the molecule is O=[N+]([O-])c1cccc(-c2noc([C@H]3CCCNC3)n2)c1. The van der Waals surface area contributed by atoms with Gasteiger partial charge in [-0.2, -0.15) is 4.98 Å². The molecule has 0 amide bonds. The number of aromatic nitrogens is 2. The summed E-state index contributed by atoms with van der Waals surface area (Å²) in [6.45, 7) is 1.85. The Balaban J connectivity index is 1.85. The molecule has 0 saturated carbocycles. The van der Waals surface area contributed by atoms with Crippen LogP contribution in [-0.2, 0) is 0 Å². The van der Waals surface area contributed by atoms with Gasteiger partial charge in [0, 0.05) is 24.2 Å². The molecule has 104 valence electrons. The molecule has 0 unspecified atom stereocenters. The third-order valence-corrected chi connectivity index (χ3v) is 3.40. The van der Waals surface area contributed by atoms with E-state index in [1.165, 1.54) is 12.1 Å². The lowest BCUT2D eigenvalue weighted by molar-refractivity contribution is -0.384. The quantitative estimate of drug-likeness (QED) is 0.680. The van der Waals surface area contributed by atoms with E-state index >= 15 is 0 Å². The van der Waals surface area contributed by atoms with Crippen LogP contribution in [0.1, 0.15) is 24.7 Å². The highest BCUT2D eigenvalue weighted by Crippen LogP contribution is 2.26. The number of nitro benzene ring substituents is 1. The first-order valence-electron chi connectivity index (χ1n) is 6.53. The number of piperidine rings is 1. The molecule has 0 radical (unpaired) electrons. The van der Waals surface area contributed by atoms with E-state index in [0.717, 1.165) is 25.9 Å². The summed E-state index contributed by atoms with van der Waals surface area (Å²) in [6, 6.07) is 6.25. The first-order valence-corrected chi connectivity index (χ1v) is 6.53. The predicted molar refractivity (Wildman–Crippen MR) is 71.2 cm³/mol. The van der Waals surface area contributed by atoms with Crippen LogP contribution in [0.3, 0.4) is 0 Å². The number of non-ortho nitro benzene ring substituents is 1. The van der Waals surface area contributed by atoms with Crippen molar-refractivity contribution < 1.29 is 9.45 Å². The standard InChI is InChI=1S/C13H14N4O3/c18-17(19)11-5-1-3-9(7-11)12-15-13(20-16-12)10-4-2-6-14-8-10/h1,3,5,7,10,14H,2,4,6,8H2/t10-/m0/s1. The van der Waals surface area contributed by atoms with Crippen LogP contribution >= 0.6 is 0 Å². The highest BCUT2D eigenvalue weighted by molar-refractivity contribution is 5.58. The molecule has 1 aliphatic rings. The van der Waals surface area contributed by atoms with E-state index in [0.29, 0.717) is 17.3 Å². The highest BCUT2D eigenvalue weighted by atomic mass is 16.6. The Labute approximate surface area is 115 Å². The van der Waals surface area contributed by atoms with E-state index in [2.05, 4.69) is 15.5 Å². The highest BCUT2D eigenvalue weighted by Gasteiger charge is 2.22. The second-order valence-corrected chi connectivity index (χ2v) is 4.81. The normalized spacial score (nSPS) is 18.9. The number of rotatable bonds is 3. The van der Waals surface area contributed by atoms with Crippen molar-refractivity contribution in [3.63, 3.8) is 0 Å². The van der Waals surface area contributed by atoms with Gasteiger partial charge in [0.25, 0.3) is 5.69 Å². The van der Waals surface area contributed by atoms with Crippen LogP contribution in [0.4, 0.5) is 5.69 Å². The lowest BCUT2D eigenvalue weighted by Crippen LogP contribution is -2.28. The zero-order valence-corrected chi connectivity index (χ0v) is 10.8. The summed E-state index contributed by atoms with van der Waals surface area (Å²) in [5.74, 6) is 1.22. The van der Waals surface area contributed by atoms with Crippen molar-refractivity contribution in [3.8, 4) is 11.4 Å². The average molecular weight is 274 g/mol. The maximum Gasteiger partial charge on any atom is 0.270 e. The van der Waals surface area contributed by atoms with Gasteiger partial charge in [0.1, 0.15) is 0 Å². The minimum atomic E-state index is -0.435. The van der Waals surface area contributed by atoms with Crippen molar-refractivity contribution in [2.75, 3.05) is 13.1 Å². The molecule has 2 aromatic rings. The van der Waals surface area contributed by atoms with E-state index in [1.54, 1.807) is 12.1 Å². The Hall–Kier alpha value is -2.28. The van der Waals surface area contributed by atoms with E-state index in [4.69, 9.17) is 4.52 Å². The number of hydrogen-bond acceptors (Lipinski definition) is 6. The second kappa shape index (κ2) is 5.38. The van der Waals surface area contributed by atoms with Gasteiger partial charge >= 0.3 is 0 Å². The summed E-state index contributed by atoms with van der Waals surface area (Å²) in [5.41, 5.74) is 0.617. The molecule has 0 aliphatic carbocycles. The number of benzene rings is 1. The van der Waals surface area contributed by atoms with Gasteiger partial charge < -0.3 is 9.84 Å². The summed E-state index contributed by atoms with van der Waals surface area (Å²) in [5, 5.41) is 18.0. The van der Waals surface area contributed by atoms with Gasteiger partial charge in [-0.3, -0.25) is 10.1 Å². The number of nitrogens with zero attached hydrogens (tertiary/aromatic N) is 3. The molecule has 7 nitrogen and oxygen atoms in total. The minimum Gasteiger partial charge on any atom is -0.339 e. The van der Waals surface area contributed by atoms with Crippen molar-refractivity contribution in [3.05, 3.63) is 40.3 Å². The van der Waals surface area contributed by atoms with Crippen LogP contribution in [0.2, 0.25) is 0 Å². The molecule has 1 fully saturated rings. The Morgan fingerprint density at radius 1 is 1.45 bits per heavy atom. The molecule has 7 heteroatoms. The van der Waals surface area contributed by atoms with Crippen LogP contribution in [0.25, 0.3) is 11.4 Å². The van der Waals surface area contributed by atoms with Crippen molar-refractivity contribution in [1.29, 1.82) is 0 Å². The fourth-order valence-corrected chi connectivity index (χ4v) is 2.34. The molecule has 1 saturated heterocycles. The summed E-state index contributed by atoms with van der Waals surface area (Å²) >= 11 is 0. The van der Waals surface area contributed by atoms with Crippen LogP contribution in [-0.4, -0.2) is 28.2 Å². The summed E-state index contributed by atoms with van der Waals surface area (Å²) < 4.78 is 5.29. The maximum absolute atomic E-state index is 10.8. The van der Waals surface area contributed by atoms with E-state index in [-0.39, 0.29) is 11.6 Å². The van der Waals surface area contributed by atoms with Gasteiger partial charge in [-0.1, -0.05) is 17.3 Å². The monoisotopic (exact) mass is 274 g/mol. The van der Waals surface area contributed by atoms with Crippen LogP contribution < -0.4 is 5.32 Å². The topological polar surface area (TPSA) is 94.1 Å². The Kier molecular flexibility index (Phi) is 3.42. The van der Waals surface area contributed by atoms with Gasteiger partial charge in [0.2, 0.25) is 11.7 Å². The molecule has 3 rings (SSSR count). The molecule has 0 spiro atoms. The van der Waals surface area contributed by atoms with Crippen molar-refractivity contribution in [2.24, 2.45) is 0 Å². The first kappa shape index (κ1) is 12.7. The molecular weight excluding hydrogens is 260 g/mol. The van der Waals surface area contributed by atoms with E-state index in [9.17, 15) is 10.1 Å². The molecule has 20 heavy (non-hydrogen) atoms. The number of nitrogens with one attached hydrogen (secondary N) is 1. The summed E-state index contributed by atoms with van der Waals surface area (Å²) in [7, 11) is 0. The lowest BCUT2D eigenvalue weighted by Gasteiger charge is -2.18. The van der Waals surface area contributed by atoms with Gasteiger partial charge in [-0.15, -0.1) is 0 Å². The Morgan fingerprint density at radius 3 is 3.10 bits per heavy atom. The third kappa shape index (κ3) is 2.53. The fourth-order valence-electron chi connectivity index (χ4n) is 2.34. The van der Waals surface area contributed by atoms with Crippen molar-refractivity contribution in [2.45, 2.75) is 18.8 Å². The Bertz CT molecular complexity index is 620. The molecule has 2 heterocycles. The van der Waals surface area contributed by atoms with Crippen LogP contribution in [0.15, 0.2) is 28.8 Å². The lowest BCUT2D eigenvalue weighted by atomic mass is 10.00. The number of hydrogen-bond donors (Lipinski definition) is 1. The molecule has 1 N–H and O–H groups in total. The predicted octanol–water partition coefficient (Wildman–Crippen LogP) is 2.11. The van der Waals surface area contributed by atoms with Crippen LogP contribution in [0, 0.1) is 10.1 Å². The molecule has 1 atom stereocenters. The van der Waals surface area contributed by atoms with Crippen molar-refractivity contribution in [1.82, 2.24) is 15.5 Å². The molecule has 1 aromatic heterocycles. The van der Waals surface area contributed by atoms with Gasteiger partial charge in [-0.25, -0.2) is 0 Å². The second-order valence-electron chi connectivity index (χ2n) is 4.81. The van der Waals surface area contributed by atoms with Gasteiger partial charge in [-0.05, 0) is 19.4 Å². The zero-order chi connectivity index (χ0) is 13.9. The largest absolute Gasteiger partial charge is 0.339 e. The smallest absolute Gasteiger partial charge is 0.270 e. The first-order chi connectivity index (χ1) is 9.74. The molecule has 1 aromatic carbocycles. The van der Waals surface area contributed by atoms with Gasteiger partial charge in [0.15, 0.2) is 0 Å². The molecule has 0 bridgehead atoms. The Morgan fingerprint density at radius 2 is 2.35 bits per heavy atom. The summed E-state index contributed by atoms with van der Waals surface area (Å²) in [4.78, 5) is 14.7. The maximum atomic E-state index is 10.8. The minimum absolute atomic E-state index is 0.0215. The van der Waals surface area contributed by atoms with E-state index in [1.807, 2.05) is 0 Å². The summed E-state index contributed by atoms with van der Waals surface area (Å²) in [6.07, 6.45) is 2.10. The molecule has 1 aliphatic heterocycles. The third-order valence-electron chi connectivity index (χ3n) is 3.40. The van der Waals surface area contributed by atoms with Crippen LogP contribution in [0.5, 0.6) is 0 Å². The van der Waals surface area contributed by atoms with E-state index < -0.39 is 4.92 Å². The van der Waals surface area contributed by atoms with Gasteiger partial charge in [0.05, 0.1) is 10.8 Å².